The molecule has 2 aromatic rings. The first-order valence-corrected chi connectivity index (χ1v) is 8.21. The zero-order chi connectivity index (χ0) is 17.3. The molecule has 1 aliphatic rings. The van der Waals surface area contributed by atoms with Gasteiger partial charge in [0.25, 0.3) is 5.91 Å². The van der Waals surface area contributed by atoms with E-state index < -0.39 is 0 Å². The molecule has 0 N–H and O–H groups in total. The van der Waals surface area contributed by atoms with Crippen LogP contribution in [0.25, 0.3) is 5.52 Å². The van der Waals surface area contributed by atoms with Crippen molar-refractivity contribution < 1.29 is 9.59 Å². The van der Waals surface area contributed by atoms with Crippen LogP contribution in [-0.4, -0.2) is 56.9 Å². The van der Waals surface area contributed by atoms with Crippen LogP contribution in [0.15, 0.2) is 37.2 Å². The van der Waals surface area contributed by atoms with Gasteiger partial charge in [-0.2, -0.15) is 5.10 Å². The topological polar surface area (TPSA) is 57.9 Å². The maximum atomic E-state index is 12.9. The predicted molar refractivity (Wildman–Crippen MR) is 91.8 cm³/mol. The summed E-state index contributed by atoms with van der Waals surface area (Å²) in [7, 11) is 0. The van der Waals surface area contributed by atoms with Crippen molar-refractivity contribution in [2.24, 2.45) is 0 Å². The van der Waals surface area contributed by atoms with Gasteiger partial charge in [0.15, 0.2) is 0 Å². The number of carbonyl (C=O) groups excluding carboxylic acids is 2. The summed E-state index contributed by atoms with van der Waals surface area (Å²) in [6, 6.07) is 3.95. The molecule has 3 rings (SSSR count). The number of piperazine rings is 1. The normalized spacial score (nSPS) is 18.0. The highest BCUT2D eigenvalue weighted by Crippen LogP contribution is 2.19. The highest BCUT2D eigenvalue weighted by atomic mass is 16.2. The maximum absolute atomic E-state index is 12.9. The molecular formula is C18H22N4O2. The van der Waals surface area contributed by atoms with Gasteiger partial charge in [0.1, 0.15) is 0 Å². The van der Waals surface area contributed by atoms with E-state index in [9.17, 15) is 9.59 Å². The first-order chi connectivity index (χ1) is 11.5. The molecular weight excluding hydrogens is 304 g/mol. The number of nitrogens with zero attached hydrogens (tertiary/aromatic N) is 4. The Balaban J connectivity index is 1.84. The van der Waals surface area contributed by atoms with Gasteiger partial charge in [0.2, 0.25) is 5.91 Å². The predicted octanol–water partition coefficient (Wildman–Crippen LogP) is 1.89. The van der Waals surface area contributed by atoms with E-state index in [1.165, 1.54) is 6.08 Å². The van der Waals surface area contributed by atoms with Crippen LogP contribution in [-0.2, 0) is 4.79 Å². The van der Waals surface area contributed by atoms with E-state index in [0.717, 1.165) is 17.5 Å². The fourth-order valence-corrected chi connectivity index (χ4v) is 3.22. The van der Waals surface area contributed by atoms with Gasteiger partial charge < -0.3 is 9.80 Å². The summed E-state index contributed by atoms with van der Waals surface area (Å²) in [5.41, 5.74) is 2.51. The molecule has 2 amide bonds. The van der Waals surface area contributed by atoms with E-state index in [1.54, 1.807) is 15.6 Å². The Morgan fingerprint density at radius 2 is 2.21 bits per heavy atom. The molecule has 24 heavy (non-hydrogen) atoms. The lowest BCUT2D eigenvalue weighted by Crippen LogP contribution is -2.56. The number of amides is 2. The van der Waals surface area contributed by atoms with Crippen molar-refractivity contribution >= 4 is 17.3 Å². The maximum Gasteiger partial charge on any atom is 0.257 e. The quantitative estimate of drug-likeness (QED) is 0.810. The smallest absolute Gasteiger partial charge is 0.257 e. The Kier molecular flexibility index (Phi) is 4.38. The Labute approximate surface area is 141 Å². The highest BCUT2D eigenvalue weighted by molar-refractivity contribution is 6.01. The molecule has 0 unspecified atom stereocenters. The van der Waals surface area contributed by atoms with Crippen molar-refractivity contribution in [1.82, 2.24) is 19.4 Å². The highest BCUT2D eigenvalue weighted by Gasteiger charge is 2.31. The van der Waals surface area contributed by atoms with E-state index in [0.29, 0.717) is 25.2 Å². The first kappa shape index (κ1) is 16.2. The molecule has 1 saturated heterocycles. The van der Waals surface area contributed by atoms with Crippen LogP contribution >= 0.6 is 0 Å². The lowest BCUT2D eigenvalue weighted by Gasteiger charge is -2.40. The van der Waals surface area contributed by atoms with Crippen molar-refractivity contribution in [3.8, 4) is 0 Å². The van der Waals surface area contributed by atoms with Crippen LogP contribution in [0.5, 0.6) is 0 Å². The van der Waals surface area contributed by atoms with Crippen LogP contribution in [0.1, 0.15) is 29.3 Å². The van der Waals surface area contributed by atoms with Crippen LogP contribution in [0.4, 0.5) is 0 Å². The van der Waals surface area contributed by atoms with Crippen molar-refractivity contribution in [2.45, 2.75) is 26.3 Å². The second kappa shape index (κ2) is 6.47. The second-order valence-electron chi connectivity index (χ2n) is 6.14. The number of pyridine rings is 1. The van der Waals surface area contributed by atoms with Gasteiger partial charge in [-0.05, 0) is 37.1 Å². The van der Waals surface area contributed by atoms with Crippen molar-refractivity contribution in [3.63, 3.8) is 0 Å². The zero-order valence-electron chi connectivity index (χ0n) is 14.1. The molecule has 2 aromatic heterocycles. The molecule has 0 spiro atoms. The average Bonchev–Trinajstić information content (AvgIpc) is 3.02. The van der Waals surface area contributed by atoms with Crippen LogP contribution in [0.3, 0.4) is 0 Å². The molecule has 1 atom stereocenters. The largest absolute Gasteiger partial charge is 0.335 e. The molecule has 0 bridgehead atoms. The molecule has 3 heterocycles. The standard InChI is InChI=1S/C18H22N4O2/c1-4-14-12-20(8-9-21(14)17(23)5-2)18(24)15-11-19-22-7-6-13(3)10-16(15)22/h5-7,10-11,14H,2,4,8-9,12H2,1,3H3/t14-/m0/s1. The third-order valence-corrected chi connectivity index (χ3v) is 4.61. The summed E-state index contributed by atoms with van der Waals surface area (Å²) in [6.45, 7) is 9.18. The number of carbonyl (C=O) groups is 2. The van der Waals surface area contributed by atoms with Gasteiger partial charge in [-0.15, -0.1) is 0 Å². The summed E-state index contributed by atoms with van der Waals surface area (Å²) >= 11 is 0. The minimum absolute atomic E-state index is 0.0248. The monoisotopic (exact) mass is 326 g/mol. The van der Waals surface area contributed by atoms with Gasteiger partial charge in [0.05, 0.1) is 17.3 Å². The molecule has 0 aliphatic carbocycles. The minimum Gasteiger partial charge on any atom is -0.335 e. The Morgan fingerprint density at radius 3 is 2.92 bits per heavy atom. The third kappa shape index (κ3) is 2.79. The fourth-order valence-electron chi connectivity index (χ4n) is 3.22. The van der Waals surface area contributed by atoms with E-state index >= 15 is 0 Å². The third-order valence-electron chi connectivity index (χ3n) is 4.61. The summed E-state index contributed by atoms with van der Waals surface area (Å²) in [5, 5.41) is 4.26. The van der Waals surface area contributed by atoms with E-state index in [2.05, 4.69) is 11.7 Å². The van der Waals surface area contributed by atoms with Crippen LogP contribution < -0.4 is 0 Å². The summed E-state index contributed by atoms with van der Waals surface area (Å²) < 4.78 is 1.72. The van der Waals surface area contributed by atoms with Crippen LogP contribution in [0.2, 0.25) is 0 Å². The van der Waals surface area contributed by atoms with E-state index in [-0.39, 0.29) is 17.9 Å². The number of aryl methyl sites for hydroxylation is 1. The lowest BCUT2D eigenvalue weighted by molar-refractivity contribution is -0.130. The van der Waals surface area contributed by atoms with Crippen molar-refractivity contribution in [2.75, 3.05) is 19.6 Å². The first-order valence-electron chi connectivity index (χ1n) is 8.21. The fraction of sp³-hybridized carbons (Fsp3) is 0.389. The second-order valence-corrected chi connectivity index (χ2v) is 6.14. The average molecular weight is 326 g/mol. The zero-order valence-corrected chi connectivity index (χ0v) is 14.1. The van der Waals surface area contributed by atoms with E-state index in [4.69, 9.17) is 0 Å². The molecule has 126 valence electrons. The van der Waals surface area contributed by atoms with Gasteiger partial charge in [0, 0.05) is 31.9 Å². The number of fused-ring (bicyclic) bond motifs is 1. The van der Waals surface area contributed by atoms with Gasteiger partial charge in [-0.1, -0.05) is 13.5 Å². The van der Waals surface area contributed by atoms with Crippen LogP contribution in [0, 0.1) is 6.92 Å². The molecule has 1 fully saturated rings. The Morgan fingerprint density at radius 1 is 1.42 bits per heavy atom. The number of aromatic nitrogens is 2. The van der Waals surface area contributed by atoms with E-state index in [1.807, 2.05) is 37.1 Å². The van der Waals surface area contributed by atoms with Gasteiger partial charge in [-0.3, -0.25) is 9.59 Å². The molecule has 0 saturated carbocycles. The number of hydrogen-bond donors (Lipinski definition) is 0. The molecule has 0 radical (unpaired) electrons. The van der Waals surface area contributed by atoms with Crippen molar-refractivity contribution in [3.05, 3.63) is 48.3 Å². The Bertz CT molecular complexity index is 795. The van der Waals surface area contributed by atoms with Gasteiger partial charge >= 0.3 is 0 Å². The summed E-state index contributed by atoms with van der Waals surface area (Å²) in [5.74, 6) is -0.0969. The number of rotatable bonds is 3. The SMILES string of the molecule is C=CC(=O)N1CCN(C(=O)c2cnn3ccc(C)cc23)C[C@@H]1CC. The summed E-state index contributed by atoms with van der Waals surface area (Å²) in [4.78, 5) is 28.5. The number of hydrogen-bond acceptors (Lipinski definition) is 3. The Hall–Kier alpha value is -2.63. The lowest BCUT2D eigenvalue weighted by atomic mass is 10.1. The van der Waals surface area contributed by atoms with Gasteiger partial charge in [-0.25, -0.2) is 4.52 Å². The molecule has 1 aliphatic heterocycles. The summed E-state index contributed by atoms with van der Waals surface area (Å²) in [6.07, 6.45) is 5.63. The van der Waals surface area contributed by atoms with Crippen molar-refractivity contribution in [1.29, 1.82) is 0 Å². The molecule has 6 nitrogen and oxygen atoms in total. The minimum atomic E-state index is -0.0689. The molecule has 6 heteroatoms. The molecule has 0 aromatic carbocycles.